The van der Waals surface area contributed by atoms with Crippen LogP contribution >= 0.6 is 12.2 Å². The molecule has 1 saturated heterocycles. The summed E-state index contributed by atoms with van der Waals surface area (Å²) in [6.45, 7) is 4.42. The molecule has 114 valence electrons. The van der Waals surface area contributed by atoms with Crippen LogP contribution in [0, 0.1) is 4.77 Å². The van der Waals surface area contributed by atoms with Gasteiger partial charge in [0.1, 0.15) is 0 Å². The molecule has 3 rings (SSSR count). The molecule has 2 heterocycles. The van der Waals surface area contributed by atoms with E-state index in [2.05, 4.69) is 4.98 Å². The topological polar surface area (TPSA) is 67.3 Å². The van der Waals surface area contributed by atoms with Crippen LogP contribution in [-0.4, -0.2) is 48.6 Å². The van der Waals surface area contributed by atoms with Gasteiger partial charge in [0.25, 0.3) is 0 Å². The number of morpholine rings is 1. The Kier molecular flexibility index (Phi) is 3.87. The third kappa shape index (κ3) is 2.52. The molecule has 0 aliphatic carbocycles. The summed E-state index contributed by atoms with van der Waals surface area (Å²) < 4.78 is 34.4. The number of aromatic amines is 1. The van der Waals surface area contributed by atoms with Crippen LogP contribution in [0.5, 0.6) is 0 Å². The van der Waals surface area contributed by atoms with Gasteiger partial charge in [-0.3, -0.25) is 0 Å². The predicted molar refractivity (Wildman–Crippen MR) is 82.4 cm³/mol. The highest BCUT2D eigenvalue weighted by molar-refractivity contribution is 7.89. The molecular weight excluding hydrogens is 310 g/mol. The van der Waals surface area contributed by atoms with Crippen molar-refractivity contribution in [2.24, 2.45) is 0 Å². The van der Waals surface area contributed by atoms with E-state index in [0.717, 1.165) is 17.6 Å². The first-order chi connectivity index (χ1) is 10.0. The number of aryl methyl sites for hydroxylation is 1. The Labute approximate surface area is 128 Å². The Morgan fingerprint density at radius 2 is 2.05 bits per heavy atom. The van der Waals surface area contributed by atoms with Gasteiger partial charge in [-0.2, -0.15) is 4.31 Å². The number of hydrogen-bond donors (Lipinski definition) is 1. The molecule has 1 fully saturated rings. The molecule has 1 aromatic heterocycles. The molecule has 1 aliphatic heterocycles. The van der Waals surface area contributed by atoms with Crippen LogP contribution in [0.1, 0.15) is 6.92 Å². The number of fused-ring (bicyclic) bond motifs is 1. The van der Waals surface area contributed by atoms with Crippen molar-refractivity contribution in [3.05, 3.63) is 23.0 Å². The third-order valence-electron chi connectivity index (χ3n) is 3.67. The lowest BCUT2D eigenvalue weighted by Gasteiger charge is -2.26. The molecule has 0 spiro atoms. The van der Waals surface area contributed by atoms with Gasteiger partial charge >= 0.3 is 0 Å². The fourth-order valence-electron chi connectivity index (χ4n) is 2.55. The van der Waals surface area contributed by atoms with Gasteiger partial charge in [0.2, 0.25) is 10.0 Å². The average molecular weight is 327 g/mol. The van der Waals surface area contributed by atoms with E-state index < -0.39 is 10.0 Å². The molecule has 0 bridgehead atoms. The summed E-state index contributed by atoms with van der Waals surface area (Å²) in [4.78, 5) is 3.35. The zero-order chi connectivity index (χ0) is 15.0. The lowest BCUT2D eigenvalue weighted by Crippen LogP contribution is -2.40. The summed E-state index contributed by atoms with van der Waals surface area (Å²) in [6, 6.07) is 5.10. The van der Waals surface area contributed by atoms with Crippen LogP contribution in [0.15, 0.2) is 23.1 Å². The summed E-state index contributed by atoms with van der Waals surface area (Å²) in [6.07, 6.45) is 0. The lowest BCUT2D eigenvalue weighted by atomic mass is 10.3. The maximum Gasteiger partial charge on any atom is 0.243 e. The van der Waals surface area contributed by atoms with Crippen molar-refractivity contribution < 1.29 is 13.2 Å². The number of imidazole rings is 1. The van der Waals surface area contributed by atoms with Gasteiger partial charge in [0.15, 0.2) is 4.77 Å². The van der Waals surface area contributed by atoms with Gasteiger partial charge in [-0.1, -0.05) is 0 Å². The number of sulfonamides is 1. The number of benzene rings is 1. The van der Waals surface area contributed by atoms with Crippen molar-refractivity contribution >= 4 is 33.3 Å². The fourth-order valence-corrected chi connectivity index (χ4v) is 4.33. The van der Waals surface area contributed by atoms with Crippen molar-refractivity contribution in [2.75, 3.05) is 26.3 Å². The molecule has 0 radical (unpaired) electrons. The first-order valence-electron chi connectivity index (χ1n) is 6.84. The Balaban J connectivity index is 2.06. The molecule has 0 atom stereocenters. The summed E-state index contributed by atoms with van der Waals surface area (Å²) in [5.41, 5.74) is 1.67. The highest BCUT2D eigenvalue weighted by Gasteiger charge is 2.26. The summed E-state index contributed by atoms with van der Waals surface area (Å²) in [5, 5.41) is 0. The van der Waals surface area contributed by atoms with E-state index in [-0.39, 0.29) is 4.90 Å². The minimum Gasteiger partial charge on any atom is -0.379 e. The molecule has 1 aromatic carbocycles. The van der Waals surface area contributed by atoms with Gasteiger partial charge in [-0.15, -0.1) is 0 Å². The number of ether oxygens (including phenoxy) is 1. The second-order valence-electron chi connectivity index (χ2n) is 4.87. The number of hydrogen-bond acceptors (Lipinski definition) is 4. The van der Waals surface area contributed by atoms with E-state index in [0.29, 0.717) is 31.1 Å². The molecule has 0 saturated carbocycles. The van der Waals surface area contributed by atoms with Crippen molar-refractivity contribution in [3.63, 3.8) is 0 Å². The van der Waals surface area contributed by atoms with Crippen LogP contribution in [0.2, 0.25) is 0 Å². The highest BCUT2D eigenvalue weighted by atomic mass is 32.2. The second kappa shape index (κ2) is 5.53. The number of rotatable bonds is 3. The lowest BCUT2D eigenvalue weighted by molar-refractivity contribution is 0.0730. The predicted octanol–water partition coefficient (Wildman–Crippen LogP) is 1.74. The Morgan fingerprint density at radius 1 is 1.33 bits per heavy atom. The van der Waals surface area contributed by atoms with Crippen molar-refractivity contribution in [1.29, 1.82) is 0 Å². The van der Waals surface area contributed by atoms with E-state index >= 15 is 0 Å². The SMILES string of the molecule is CCn1c(=S)[nH]c2cc(S(=O)(=O)N3CCOCC3)ccc21. The van der Waals surface area contributed by atoms with Crippen LogP contribution in [0.4, 0.5) is 0 Å². The van der Waals surface area contributed by atoms with Crippen LogP contribution < -0.4 is 0 Å². The van der Waals surface area contributed by atoms with E-state index in [1.54, 1.807) is 18.2 Å². The number of H-pyrrole nitrogens is 1. The maximum atomic E-state index is 12.6. The molecule has 1 aliphatic rings. The number of nitrogens with zero attached hydrogens (tertiary/aromatic N) is 2. The molecule has 0 amide bonds. The van der Waals surface area contributed by atoms with Crippen LogP contribution in [-0.2, 0) is 21.3 Å². The quantitative estimate of drug-likeness (QED) is 0.872. The maximum absolute atomic E-state index is 12.6. The van der Waals surface area contributed by atoms with Gasteiger partial charge in [-0.05, 0) is 37.3 Å². The zero-order valence-electron chi connectivity index (χ0n) is 11.7. The normalized spacial score (nSPS) is 17.4. The monoisotopic (exact) mass is 327 g/mol. The zero-order valence-corrected chi connectivity index (χ0v) is 13.3. The van der Waals surface area contributed by atoms with Gasteiger partial charge < -0.3 is 14.3 Å². The standard InChI is InChI=1S/C13H17N3O3S2/c1-2-16-12-4-3-10(9-11(12)14-13(16)20)21(17,18)15-5-7-19-8-6-15/h3-4,9H,2,5-8H2,1H3,(H,14,20). The molecule has 0 unspecified atom stereocenters. The van der Waals surface area contributed by atoms with E-state index in [9.17, 15) is 8.42 Å². The smallest absolute Gasteiger partial charge is 0.243 e. The van der Waals surface area contributed by atoms with Crippen molar-refractivity contribution in [2.45, 2.75) is 18.4 Å². The molecule has 21 heavy (non-hydrogen) atoms. The van der Waals surface area contributed by atoms with Gasteiger partial charge in [0, 0.05) is 19.6 Å². The first kappa shape index (κ1) is 14.7. The summed E-state index contributed by atoms with van der Waals surface area (Å²) in [7, 11) is -3.47. The fraction of sp³-hybridized carbons (Fsp3) is 0.462. The van der Waals surface area contributed by atoms with E-state index in [1.165, 1.54) is 4.31 Å². The number of aromatic nitrogens is 2. The first-order valence-corrected chi connectivity index (χ1v) is 8.69. The Bertz CT molecular complexity index is 817. The van der Waals surface area contributed by atoms with Crippen molar-refractivity contribution in [3.8, 4) is 0 Å². The summed E-state index contributed by atoms with van der Waals surface area (Å²) >= 11 is 5.24. The second-order valence-corrected chi connectivity index (χ2v) is 7.19. The molecule has 2 aromatic rings. The summed E-state index contributed by atoms with van der Waals surface area (Å²) in [5.74, 6) is 0. The largest absolute Gasteiger partial charge is 0.379 e. The highest BCUT2D eigenvalue weighted by Crippen LogP contribution is 2.22. The minimum absolute atomic E-state index is 0.288. The van der Waals surface area contributed by atoms with Crippen LogP contribution in [0.25, 0.3) is 11.0 Å². The minimum atomic E-state index is -3.47. The number of nitrogens with one attached hydrogen (secondary N) is 1. The Hall–Kier alpha value is -1.22. The average Bonchev–Trinajstić information content (AvgIpc) is 2.82. The Morgan fingerprint density at radius 3 is 2.71 bits per heavy atom. The molecule has 1 N–H and O–H groups in total. The van der Waals surface area contributed by atoms with Gasteiger partial charge in [0.05, 0.1) is 29.1 Å². The van der Waals surface area contributed by atoms with Crippen LogP contribution in [0.3, 0.4) is 0 Å². The molecular formula is C13H17N3O3S2. The van der Waals surface area contributed by atoms with E-state index in [4.69, 9.17) is 17.0 Å². The molecule has 8 heteroatoms. The van der Waals surface area contributed by atoms with E-state index in [1.807, 2.05) is 11.5 Å². The van der Waals surface area contributed by atoms with Gasteiger partial charge in [-0.25, -0.2) is 8.42 Å². The third-order valence-corrected chi connectivity index (χ3v) is 5.89. The molecule has 6 nitrogen and oxygen atoms in total. The van der Waals surface area contributed by atoms with Crippen molar-refractivity contribution in [1.82, 2.24) is 13.9 Å².